The number of rotatable bonds is 5. The molecule has 1 saturated heterocycles. The van der Waals surface area contributed by atoms with Crippen molar-refractivity contribution in [2.45, 2.75) is 26.3 Å². The molecule has 0 aliphatic carbocycles. The molecule has 1 N–H and O–H groups in total. The molecule has 1 unspecified atom stereocenters. The minimum Gasteiger partial charge on any atom is -0.381 e. The lowest BCUT2D eigenvalue weighted by Crippen LogP contribution is -2.17. The molecule has 0 spiro atoms. The van der Waals surface area contributed by atoms with Crippen molar-refractivity contribution in [1.82, 2.24) is 5.32 Å². The third-order valence-corrected chi connectivity index (χ3v) is 3.85. The zero-order valence-electron chi connectivity index (χ0n) is 9.29. The first-order chi connectivity index (χ1) is 7.34. The van der Waals surface area contributed by atoms with Gasteiger partial charge in [-0.25, -0.2) is 0 Å². The molecule has 3 heteroatoms. The Bertz CT molecular complexity index is 292. The number of hydrogen-bond donors (Lipinski definition) is 1. The van der Waals surface area contributed by atoms with Gasteiger partial charge in [0, 0.05) is 29.5 Å². The van der Waals surface area contributed by atoms with E-state index in [1.807, 2.05) is 11.3 Å². The van der Waals surface area contributed by atoms with E-state index >= 15 is 0 Å². The SMILES string of the molecule is Cc1ccc(CNCCC2CCOC2)s1. The Balaban J connectivity index is 1.58. The van der Waals surface area contributed by atoms with Crippen molar-refractivity contribution in [2.24, 2.45) is 5.92 Å². The number of hydrogen-bond acceptors (Lipinski definition) is 3. The zero-order chi connectivity index (χ0) is 10.5. The highest BCUT2D eigenvalue weighted by atomic mass is 32.1. The molecule has 1 atom stereocenters. The smallest absolute Gasteiger partial charge is 0.0495 e. The maximum atomic E-state index is 5.35. The van der Waals surface area contributed by atoms with Gasteiger partial charge < -0.3 is 10.1 Å². The summed E-state index contributed by atoms with van der Waals surface area (Å²) in [6.07, 6.45) is 2.50. The van der Waals surface area contributed by atoms with Crippen LogP contribution in [0.25, 0.3) is 0 Å². The summed E-state index contributed by atoms with van der Waals surface area (Å²) in [5, 5.41) is 3.50. The van der Waals surface area contributed by atoms with Gasteiger partial charge in [-0.05, 0) is 44.4 Å². The third kappa shape index (κ3) is 3.59. The molecule has 2 nitrogen and oxygen atoms in total. The van der Waals surface area contributed by atoms with Gasteiger partial charge in [-0.2, -0.15) is 0 Å². The second-order valence-electron chi connectivity index (χ2n) is 4.21. The van der Waals surface area contributed by atoms with E-state index < -0.39 is 0 Å². The van der Waals surface area contributed by atoms with Crippen LogP contribution in [0.2, 0.25) is 0 Å². The fraction of sp³-hybridized carbons (Fsp3) is 0.667. The molecule has 0 amide bonds. The first-order valence-electron chi connectivity index (χ1n) is 5.68. The number of ether oxygens (including phenoxy) is 1. The topological polar surface area (TPSA) is 21.3 Å². The highest BCUT2D eigenvalue weighted by Crippen LogP contribution is 2.16. The minimum atomic E-state index is 0.794. The highest BCUT2D eigenvalue weighted by Gasteiger charge is 2.14. The van der Waals surface area contributed by atoms with E-state index in [2.05, 4.69) is 24.4 Å². The van der Waals surface area contributed by atoms with Crippen molar-refractivity contribution in [2.75, 3.05) is 19.8 Å². The Kier molecular flexibility index (Phi) is 4.18. The van der Waals surface area contributed by atoms with Crippen LogP contribution in [0.3, 0.4) is 0 Å². The fourth-order valence-corrected chi connectivity index (χ4v) is 2.77. The van der Waals surface area contributed by atoms with Crippen LogP contribution in [0.4, 0.5) is 0 Å². The quantitative estimate of drug-likeness (QED) is 0.778. The lowest BCUT2D eigenvalue weighted by molar-refractivity contribution is 0.184. The van der Waals surface area contributed by atoms with Gasteiger partial charge in [-0.3, -0.25) is 0 Å². The number of aryl methyl sites for hydroxylation is 1. The molecule has 1 aliphatic heterocycles. The van der Waals surface area contributed by atoms with E-state index in [1.54, 1.807) is 0 Å². The molecule has 0 saturated carbocycles. The van der Waals surface area contributed by atoms with E-state index in [9.17, 15) is 0 Å². The predicted molar refractivity (Wildman–Crippen MR) is 64.3 cm³/mol. The first-order valence-corrected chi connectivity index (χ1v) is 6.50. The van der Waals surface area contributed by atoms with Crippen LogP contribution in [0.1, 0.15) is 22.6 Å². The van der Waals surface area contributed by atoms with Crippen molar-refractivity contribution in [3.63, 3.8) is 0 Å². The zero-order valence-corrected chi connectivity index (χ0v) is 10.1. The molecular formula is C12H19NOS. The van der Waals surface area contributed by atoms with Crippen molar-refractivity contribution in [1.29, 1.82) is 0 Å². The van der Waals surface area contributed by atoms with Crippen LogP contribution >= 0.6 is 11.3 Å². The summed E-state index contributed by atoms with van der Waals surface area (Å²) in [6, 6.07) is 4.40. The van der Waals surface area contributed by atoms with E-state index in [1.165, 1.54) is 22.6 Å². The Morgan fingerprint density at radius 2 is 2.47 bits per heavy atom. The van der Waals surface area contributed by atoms with Gasteiger partial charge in [-0.15, -0.1) is 11.3 Å². The van der Waals surface area contributed by atoms with Gasteiger partial charge in [0.25, 0.3) is 0 Å². The molecule has 2 heterocycles. The van der Waals surface area contributed by atoms with E-state index in [4.69, 9.17) is 4.74 Å². The Hall–Kier alpha value is -0.380. The van der Waals surface area contributed by atoms with Gasteiger partial charge in [0.05, 0.1) is 0 Å². The average Bonchev–Trinajstić information content (AvgIpc) is 2.84. The van der Waals surface area contributed by atoms with E-state index in [0.29, 0.717) is 0 Å². The van der Waals surface area contributed by atoms with Crippen LogP contribution in [-0.2, 0) is 11.3 Å². The Morgan fingerprint density at radius 1 is 1.53 bits per heavy atom. The molecule has 1 fully saturated rings. The number of thiophene rings is 1. The molecule has 1 aromatic rings. The van der Waals surface area contributed by atoms with E-state index in [-0.39, 0.29) is 0 Å². The summed E-state index contributed by atoms with van der Waals surface area (Å²) < 4.78 is 5.35. The lowest BCUT2D eigenvalue weighted by Gasteiger charge is -2.07. The maximum Gasteiger partial charge on any atom is 0.0495 e. The molecule has 1 aromatic heterocycles. The van der Waals surface area contributed by atoms with Gasteiger partial charge in [0.15, 0.2) is 0 Å². The van der Waals surface area contributed by atoms with Crippen molar-refractivity contribution < 1.29 is 4.74 Å². The molecule has 1 aliphatic rings. The van der Waals surface area contributed by atoms with Crippen molar-refractivity contribution in [3.05, 3.63) is 21.9 Å². The largest absolute Gasteiger partial charge is 0.381 e. The van der Waals surface area contributed by atoms with Crippen LogP contribution in [0, 0.1) is 12.8 Å². The molecule has 15 heavy (non-hydrogen) atoms. The van der Waals surface area contributed by atoms with Crippen LogP contribution in [-0.4, -0.2) is 19.8 Å². The highest BCUT2D eigenvalue weighted by molar-refractivity contribution is 7.11. The third-order valence-electron chi connectivity index (χ3n) is 2.85. The molecule has 84 valence electrons. The second-order valence-corrected chi connectivity index (χ2v) is 5.58. The van der Waals surface area contributed by atoms with Gasteiger partial charge in [0.2, 0.25) is 0 Å². The van der Waals surface area contributed by atoms with Crippen LogP contribution in [0.15, 0.2) is 12.1 Å². The Labute approximate surface area is 95.6 Å². The van der Waals surface area contributed by atoms with Crippen molar-refractivity contribution in [3.8, 4) is 0 Å². The minimum absolute atomic E-state index is 0.794. The standard InChI is InChI=1S/C12H19NOS/c1-10-2-3-12(15-10)8-13-6-4-11-5-7-14-9-11/h2-3,11,13H,4-9H2,1H3. The number of nitrogens with one attached hydrogen (secondary N) is 1. The summed E-state index contributed by atoms with van der Waals surface area (Å²) in [6.45, 7) is 6.23. The molecule has 0 bridgehead atoms. The monoisotopic (exact) mass is 225 g/mol. The van der Waals surface area contributed by atoms with Gasteiger partial charge in [0.1, 0.15) is 0 Å². The fourth-order valence-electron chi connectivity index (χ4n) is 1.91. The average molecular weight is 225 g/mol. The van der Waals surface area contributed by atoms with Crippen LogP contribution in [0.5, 0.6) is 0 Å². The summed E-state index contributed by atoms with van der Waals surface area (Å²) in [7, 11) is 0. The summed E-state index contributed by atoms with van der Waals surface area (Å²) in [4.78, 5) is 2.84. The molecule has 0 radical (unpaired) electrons. The van der Waals surface area contributed by atoms with Gasteiger partial charge in [-0.1, -0.05) is 0 Å². The lowest BCUT2D eigenvalue weighted by atomic mass is 10.1. The maximum absolute atomic E-state index is 5.35. The second kappa shape index (κ2) is 5.64. The molecule has 2 rings (SSSR count). The van der Waals surface area contributed by atoms with Crippen LogP contribution < -0.4 is 5.32 Å². The summed E-state index contributed by atoms with van der Waals surface area (Å²) in [5.74, 6) is 0.794. The van der Waals surface area contributed by atoms with E-state index in [0.717, 1.165) is 32.2 Å². The van der Waals surface area contributed by atoms with Crippen molar-refractivity contribution >= 4 is 11.3 Å². The first kappa shape index (κ1) is 11.1. The van der Waals surface area contributed by atoms with Gasteiger partial charge >= 0.3 is 0 Å². The molecule has 0 aromatic carbocycles. The predicted octanol–water partition coefficient (Wildman–Crippen LogP) is 2.57. The molecular weight excluding hydrogens is 206 g/mol. The normalized spacial score (nSPS) is 21.0. The summed E-state index contributed by atoms with van der Waals surface area (Å²) >= 11 is 1.88. The summed E-state index contributed by atoms with van der Waals surface area (Å²) in [5.41, 5.74) is 0. The Morgan fingerprint density at radius 3 is 3.13 bits per heavy atom.